The van der Waals surface area contributed by atoms with Crippen molar-refractivity contribution in [2.24, 2.45) is 0 Å². The molecule has 100 valence electrons. The highest BCUT2D eigenvalue weighted by Crippen LogP contribution is 2.27. The van der Waals surface area contributed by atoms with Gasteiger partial charge in [-0.05, 0) is 45.3 Å². The maximum Gasteiger partial charge on any atom is 0.315 e. The summed E-state index contributed by atoms with van der Waals surface area (Å²) in [5, 5.41) is 15.3. The molecule has 0 aromatic rings. The number of aliphatic hydroxyl groups excluding tert-OH is 1. The van der Waals surface area contributed by atoms with Gasteiger partial charge in [0.1, 0.15) is 0 Å². The molecule has 0 bridgehead atoms. The lowest BCUT2D eigenvalue weighted by Crippen LogP contribution is -2.44. The zero-order valence-corrected chi connectivity index (χ0v) is 11.6. The lowest BCUT2D eigenvalue weighted by molar-refractivity contribution is 0.230. The Labute approximate surface area is 108 Å². The van der Waals surface area contributed by atoms with Gasteiger partial charge >= 0.3 is 6.03 Å². The van der Waals surface area contributed by atoms with E-state index >= 15 is 0 Å². The zero-order chi connectivity index (χ0) is 12.7. The summed E-state index contributed by atoms with van der Waals surface area (Å²) in [5.41, 5.74) is 0. The Bertz CT molecular complexity index is 239. The maximum absolute atomic E-state index is 11.7. The highest BCUT2D eigenvalue weighted by atomic mass is 32.2. The summed E-state index contributed by atoms with van der Waals surface area (Å²) in [7, 11) is 0. The van der Waals surface area contributed by atoms with E-state index in [0.717, 1.165) is 25.7 Å². The lowest BCUT2D eigenvalue weighted by Gasteiger charge is -2.17. The van der Waals surface area contributed by atoms with E-state index in [9.17, 15) is 4.79 Å². The van der Waals surface area contributed by atoms with Crippen molar-refractivity contribution in [1.29, 1.82) is 0 Å². The summed E-state index contributed by atoms with van der Waals surface area (Å²) in [4.78, 5) is 11.7. The largest absolute Gasteiger partial charge is 0.396 e. The summed E-state index contributed by atoms with van der Waals surface area (Å²) in [6.45, 7) is 2.15. The van der Waals surface area contributed by atoms with Crippen LogP contribution < -0.4 is 10.6 Å². The van der Waals surface area contributed by atoms with E-state index in [1.54, 1.807) is 0 Å². The number of nitrogens with one attached hydrogen (secondary N) is 2. The fraction of sp³-hybridized carbons (Fsp3) is 0.917. The van der Waals surface area contributed by atoms with Gasteiger partial charge in [-0.25, -0.2) is 4.79 Å². The first-order valence-corrected chi connectivity index (χ1v) is 7.65. The van der Waals surface area contributed by atoms with Gasteiger partial charge in [0.05, 0.1) is 0 Å². The Morgan fingerprint density at radius 2 is 2.29 bits per heavy atom. The quantitative estimate of drug-likeness (QED) is 0.681. The second-order valence-corrected chi connectivity index (χ2v) is 5.89. The van der Waals surface area contributed by atoms with Crippen LogP contribution in [-0.4, -0.2) is 41.3 Å². The molecule has 17 heavy (non-hydrogen) atoms. The molecular weight excluding hydrogens is 236 g/mol. The van der Waals surface area contributed by atoms with Crippen LogP contribution in [0.1, 0.15) is 39.0 Å². The third-order valence-electron chi connectivity index (χ3n) is 3.23. The summed E-state index contributed by atoms with van der Waals surface area (Å²) in [5.74, 6) is 0. The molecule has 0 spiro atoms. The molecule has 0 aromatic carbocycles. The number of hydrogen-bond donors (Lipinski definition) is 3. The first-order valence-electron chi connectivity index (χ1n) is 6.36. The van der Waals surface area contributed by atoms with Crippen molar-refractivity contribution in [3.8, 4) is 0 Å². The molecule has 1 fully saturated rings. The minimum absolute atomic E-state index is 0.0674. The average Bonchev–Trinajstić information content (AvgIpc) is 2.73. The number of hydrogen-bond acceptors (Lipinski definition) is 3. The Hall–Kier alpha value is -0.420. The van der Waals surface area contributed by atoms with Gasteiger partial charge < -0.3 is 15.7 Å². The number of carbonyl (C=O) groups excluding carboxylic acids is 1. The van der Waals surface area contributed by atoms with Crippen LogP contribution in [-0.2, 0) is 0 Å². The molecule has 0 aliphatic heterocycles. The Morgan fingerprint density at radius 3 is 2.88 bits per heavy atom. The molecule has 3 unspecified atom stereocenters. The standard InChI is InChI=1S/C12H24N2O2S/c1-9(4-3-7-15)13-12(16)14-10-5-6-11(8-10)17-2/h9-11,15H,3-8H2,1-2H3,(H2,13,14,16). The summed E-state index contributed by atoms with van der Waals surface area (Å²) < 4.78 is 0. The normalized spacial score (nSPS) is 25.6. The fourth-order valence-electron chi connectivity index (χ4n) is 2.21. The predicted molar refractivity (Wildman–Crippen MR) is 72.4 cm³/mol. The highest BCUT2D eigenvalue weighted by Gasteiger charge is 2.25. The maximum atomic E-state index is 11.7. The van der Waals surface area contributed by atoms with Crippen LogP contribution in [0.4, 0.5) is 4.79 Å². The Balaban J connectivity index is 2.16. The van der Waals surface area contributed by atoms with Crippen LogP contribution in [0.15, 0.2) is 0 Å². The smallest absolute Gasteiger partial charge is 0.315 e. The summed E-state index contributed by atoms with van der Waals surface area (Å²) in [6, 6.07) is 0.389. The van der Waals surface area contributed by atoms with Gasteiger partial charge in [-0.1, -0.05) is 0 Å². The first kappa shape index (κ1) is 14.6. The van der Waals surface area contributed by atoms with Gasteiger partial charge in [0.25, 0.3) is 0 Å². The van der Waals surface area contributed by atoms with E-state index in [1.165, 1.54) is 6.42 Å². The highest BCUT2D eigenvalue weighted by molar-refractivity contribution is 7.99. The first-order chi connectivity index (χ1) is 8.15. The number of carbonyl (C=O) groups is 1. The number of aliphatic hydroxyl groups is 1. The molecule has 4 nitrogen and oxygen atoms in total. The third kappa shape index (κ3) is 5.64. The van der Waals surface area contributed by atoms with Crippen molar-refractivity contribution < 1.29 is 9.90 Å². The van der Waals surface area contributed by atoms with Gasteiger partial charge in [-0.3, -0.25) is 0 Å². The summed E-state index contributed by atoms with van der Waals surface area (Å²) in [6.07, 6.45) is 7.06. The second-order valence-electron chi connectivity index (χ2n) is 4.75. The molecule has 0 heterocycles. The molecule has 1 aliphatic carbocycles. The van der Waals surface area contributed by atoms with Crippen molar-refractivity contribution in [2.75, 3.05) is 12.9 Å². The molecule has 1 saturated carbocycles. The number of thioether (sulfide) groups is 1. The van der Waals surface area contributed by atoms with Gasteiger partial charge in [-0.2, -0.15) is 11.8 Å². The number of amides is 2. The Morgan fingerprint density at radius 1 is 1.53 bits per heavy atom. The second kappa shape index (κ2) is 7.82. The molecule has 2 amide bonds. The topological polar surface area (TPSA) is 61.4 Å². The molecular formula is C12H24N2O2S. The van der Waals surface area contributed by atoms with E-state index in [0.29, 0.717) is 11.3 Å². The van der Waals surface area contributed by atoms with Crippen molar-refractivity contribution in [3.05, 3.63) is 0 Å². The molecule has 1 rings (SSSR count). The fourth-order valence-corrected chi connectivity index (χ4v) is 3.00. The minimum atomic E-state index is -0.0674. The van der Waals surface area contributed by atoms with Gasteiger partial charge in [-0.15, -0.1) is 0 Å². The van der Waals surface area contributed by atoms with Crippen LogP contribution in [0, 0.1) is 0 Å². The van der Waals surface area contributed by atoms with Gasteiger partial charge in [0.15, 0.2) is 0 Å². The molecule has 0 radical (unpaired) electrons. The van der Waals surface area contributed by atoms with Crippen LogP contribution in [0.2, 0.25) is 0 Å². The monoisotopic (exact) mass is 260 g/mol. The van der Waals surface area contributed by atoms with Gasteiger partial charge in [0.2, 0.25) is 0 Å². The summed E-state index contributed by atoms with van der Waals surface area (Å²) >= 11 is 1.89. The van der Waals surface area contributed by atoms with Crippen LogP contribution in [0.5, 0.6) is 0 Å². The van der Waals surface area contributed by atoms with Gasteiger partial charge in [0, 0.05) is 23.9 Å². The van der Waals surface area contributed by atoms with E-state index < -0.39 is 0 Å². The predicted octanol–water partition coefficient (Wildman–Crippen LogP) is 1.73. The SMILES string of the molecule is CSC1CCC(NC(=O)NC(C)CCCO)C1. The van der Waals surface area contributed by atoms with E-state index in [1.807, 2.05) is 18.7 Å². The molecule has 3 atom stereocenters. The van der Waals surface area contributed by atoms with Crippen LogP contribution in [0.3, 0.4) is 0 Å². The van der Waals surface area contributed by atoms with Crippen molar-refractivity contribution in [3.63, 3.8) is 0 Å². The van der Waals surface area contributed by atoms with Crippen molar-refractivity contribution in [1.82, 2.24) is 10.6 Å². The van der Waals surface area contributed by atoms with Crippen LogP contribution >= 0.6 is 11.8 Å². The third-order valence-corrected chi connectivity index (χ3v) is 4.32. The molecule has 0 saturated heterocycles. The molecule has 5 heteroatoms. The number of rotatable bonds is 6. The number of urea groups is 1. The van der Waals surface area contributed by atoms with Crippen molar-refractivity contribution >= 4 is 17.8 Å². The molecule has 3 N–H and O–H groups in total. The zero-order valence-electron chi connectivity index (χ0n) is 10.7. The van der Waals surface area contributed by atoms with Crippen LogP contribution in [0.25, 0.3) is 0 Å². The van der Waals surface area contributed by atoms with Crippen molar-refractivity contribution in [2.45, 2.75) is 56.4 Å². The van der Waals surface area contributed by atoms with E-state index in [-0.39, 0.29) is 18.7 Å². The average molecular weight is 260 g/mol. The van der Waals surface area contributed by atoms with E-state index in [4.69, 9.17) is 5.11 Å². The lowest BCUT2D eigenvalue weighted by atomic mass is 10.2. The molecule has 1 aliphatic rings. The molecule has 0 aromatic heterocycles. The van der Waals surface area contributed by atoms with E-state index in [2.05, 4.69) is 16.9 Å². The Kier molecular flexibility index (Phi) is 6.73. The minimum Gasteiger partial charge on any atom is -0.396 e.